The van der Waals surface area contributed by atoms with Gasteiger partial charge in [-0.2, -0.15) is 0 Å². The minimum Gasteiger partial charge on any atom is -0.486 e. The lowest BCUT2D eigenvalue weighted by Gasteiger charge is -2.03. The molecule has 0 spiro atoms. The van der Waals surface area contributed by atoms with Crippen LogP contribution in [0.2, 0.25) is 0 Å². The standard InChI is InChI=1S/C16H14BrN3O3S/c1-2-14-19-20-16(24-14)18-15(21)13-8-7-12(23-13)9-22-11-5-3-10(17)4-6-11/h3-8H,2,9H2,1H3,(H,18,20,21). The first-order chi connectivity index (χ1) is 11.6. The zero-order chi connectivity index (χ0) is 16.9. The second-order valence-corrected chi connectivity index (χ2v) is 6.79. The van der Waals surface area contributed by atoms with E-state index in [1.54, 1.807) is 12.1 Å². The number of hydrogen-bond acceptors (Lipinski definition) is 6. The molecule has 0 aliphatic carbocycles. The maximum absolute atomic E-state index is 12.1. The molecule has 0 aliphatic heterocycles. The van der Waals surface area contributed by atoms with Crippen LogP contribution in [0.25, 0.3) is 0 Å². The Balaban J connectivity index is 1.58. The zero-order valence-corrected chi connectivity index (χ0v) is 15.2. The number of carbonyl (C=O) groups excluding carboxylic acids is 1. The molecule has 0 radical (unpaired) electrons. The molecular formula is C16H14BrN3O3S. The molecule has 1 amide bonds. The van der Waals surface area contributed by atoms with Crippen molar-refractivity contribution in [2.45, 2.75) is 20.0 Å². The molecule has 1 N–H and O–H groups in total. The van der Waals surface area contributed by atoms with E-state index >= 15 is 0 Å². The van der Waals surface area contributed by atoms with Crippen molar-refractivity contribution in [3.8, 4) is 5.75 Å². The van der Waals surface area contributed by atoms with Crippen LogP contribution in [0.3, 0.4) is 0 Å². The highest BCUT2D eigenvalue weighted by atomic mass is 79.9. The number of nitrogens with zero attached hydrogens (tertiary/aromatic N) is 2. The number of aromatic nitrogens is 2. The molecule has 3 rings (SSSR count). The summed E-state index contributed by atoms with van der Waals surface area (Å²) in [5.41, 5.74) is 0. The minimum absolute atomic E-state index is 0.206. The fourth-order valence-corrected chi connectivity index (χ4v) is 2.81. The van der Waals surface area contributed by atoms with E-state index in [0.717, 1.165) is 21.7 Å². The second-order valence-electron chi connectivity index (χ2n) is 4.82. The highest BCUT2D eigenvalue weighted by Crippen LogP contribution is 2.19. The van der Waals surface area contributed by atoms with Crippen molar-refractivity contribution in [1.82, 2.24) is 10.2 Å². The SMILES string of the molecule is CCc1nnc(NC(=O)c2ccc(COc3ccc(Br)cc3)o2)s1. The molecule has 0 saturated heterocycles. The average molecular weight is 408 g/mol. The van der Waals surface area contributed by atoms with Crippen molar-refractivity contribution >= 4 is 38.3 Å². The Morgan fingerprint density at radius 1 is 1.25 bits per heavy atom. The van der Waals surface area contributed by atoms with Gasteiger partial charge in [-0.05, 0) is 42.8 Å². The lowest BCUT2D eigenvalue weighted by molar-refractivity contribution is 0.0992. The average Bonchev–Trinajstić information content (AvgIpc) is 3.23. The molecule has 8 heteroatoms. The molecule has 0 bridgehead atoms. The summed E-state index contributed by atoms with van der Waals surface area (Å²) in [7, 11) is 0. The highest BCUT2D eigenvalue weighted by molar-refractivity contribution is 9.10. The lowest BCUT2D eigenvalue weighted by Crippen LogP contribution is -2.10. The summed E-state index contributed by atoms with van der Waals surface area (Å²) in [5, 5.41) is 11.9. The summed E-state index contributed by atoms with van der Waals surface area (Å²) in [6.45, 7) is 2.23. The summed E-state index contributed by atoms with van der Waals surface area (Å²) in [6, 6.07) is 10.8. The van der Waals surface area contributed by atoms with Crippen molar-refractivity contribution in [1.29, 1.82) is 0 Å². The predicted molar refractivity (Wildman–Crippen MR) is 94.4 cm³/mol. The number of anilines is 1. The second kappa shape index (κ2) is 7.59. The predicted octanol–water partition coefficient (Wildman–Crippen LogP) is 4.29. The molecule has 0 aliphatic rings. The fraction of sp³-hybridized carbons (Fsp3) is 0.188. The summed E-state index contributed by atoms with van der Waals surface area (Å²) >= 11 is 4.71. The normalized spacial score (nSPS) is 10.6. The van der Waals surface area contributed by atoms with Gasteiger partial charge in [-0.15, -0.1) is 10.2 Å². The third-order valence-electron chi connectivity index (χ3n) is 3.07. The number of hydrogen-bond donors (Lipinski definition) is 1. The molecule has 0 unspecified atom stereocenters. The van der Waals surface area contributed by atoms with E-state index < -0.39 is 0 Å². The first-order valence-electron chi connectivity index (χ1n) is 7.25. The number of aryl methyl sites for hydroxylation is 1. The van der Waals surface area contributed by atoms with Crippen LogP contribution in [0.15, 0.2) is 45.3 Å². The molecule has 0 atom stereocenters. The van der Waals surface area contributed by atoms with Crippen LogP contribution in [0.4, 0.5) is 5.13 Å². The molecule has 0 fully saturated rings. The highest BCUT2D eigenvalue weighted by Gasteiger charge is 2.14. The molecule has 1 aromatic carbocycles. The Hall–Kier alpha value is -2.19. The smallest absolute Gasteiger partial charge is 0.293 e. The van der Waals surface area contributed by atoms with Gasteiger partial charge in [0.15, 0.2) is 5.76 Å². The van der Waals surface area contributed by atoms with Gasteiger partial charge < -0.3 is 9.15 Å². The van der Waals surface area contributed by atoms with E-state index in [0.29, 0.717) is 10.9 Å². The summed E-state index contributed by atoms with van der Waals surface area (Å²) in [5.74, 6) is 1.14. The van der Waals surface area contributed by atoms with Crippen molar-refractivity contribution in [2.24, 2.45) is 0 Å². The lowest BCUT2D eigenvalue weighted by atomic mass is 10.3. The Bertz CT molecular complexity index is 829. The van der Waals surface area contributed by atoms with Crippen molar-refractivity contribution in [3.05, 3.63) is 57.4 Å². The van der Waals surface area contributed by atoms with Gasteiger partial charge in [0, 0.05) is 4.47 Å². The van der Waals surface area contributed by atoms with Crippen molar-refractivity contribution in [3.63, 3.8) is 0 Å². The van der Waals surface area contributed by atoms with Crippen LogP contribution >= 0.6 is 27.3 Å². The van der Waals surface area contributed by atoms with E-state index in [-0.39, 0.29) is 18.3 Å². The maximum Gasteiger partial charge on any atom is 0.293 e. The number of nitrogens with one attached hydrogen (secondary N) is 1. The van der Waals surface area contributed by atoms with Crippen molar-refractivity contribution < 1.29 is 13.9 Å². The van der Waals surface area contributed by atoms with Crippen molar-refractivity contribution in [2.75, 3.05) is 5.32 Å². The van der Waals surface area contributed by atoms with Gasteiger partial charge >= 0.3 is 0 Å². The number of benzene rings is 1. The topological polar surface area (TPSA) is 77.2 Å². The van der Waals surface area contributed by atoms with E-state index in [2.05, 4.69) is 31.4 Å². The number of furan rings is 1. The minimum atomic E-state index is -0.358. The Labute approximate surface area is 151 Å². The van der Waals surface area contributed by atoms with Crippen LogP contribution in [-0.2, 0) is 13.0 Å². The van der Waals surface area contributed by atoms with Gasteiger partial charge in [-0.3, -0.25) is 10.1 Å². The van der Waals surface area contributed by atoms with Crippen LogP contribution in [0, 0.1) is 0 Å². The number of rotatable bonds is 6. The number of ether oxygens (including phenoxy) is 1. The fourth-order valence-electron chi connectivity index (χ4n) is 1.87. The molecular weight excluding hydrogens is 394 g/mol. The van der Waals surface area contributed by atoms with E-state index in [1.807, 2.05) is 31.2 Å². The third kappa shape index (κ3) is 4.21. The van der Waals surface area contributed by atoms with Crippen LogP contribution in [0.5, 0.6) is 5.75 Å². The van der Waals surface area contributed by atoms with Gasteiger partial charge in [0.25, 0.3) is 5.91 Å². The van der Waals surface area contributed by atoms with Crippen LogP contribution in [0.1, 0.15) is 28.2 Å². The molecule has 0 saturated carbocycles. The van der Waals surface area contributed by atoms with Gasteiger partial charge in [0.2, 0.25) is 5.13 Å². The quantitative estimate of drug-likeness (QED) is 0.659. The zero-order valence-electron chi connectivity index (χ0n) is 12.8. The number of halogens is 1. The Morgan fingerprint density at radius 2 is 2.04 bits per heavy atom. The van der Waals surface area contributed by atoms with Gasteiger partial charge in [-0.1, -0.05) is 34.2 Å². The molecule has 24 heavy (non-hydrogen) atoms. The number of amides is 1. The van der Waals surface area contributed by atoms with Crippen LogP contribution < -0.4 is 10.1 Å². The molecule has 2 heterocycles. The largest absolute Gasteiger partial charge is 0.486 e. The molecule has 6 nitrogen and oxygen atoms in total. The summed E-state index contributed by atoms with van der Waals surface area (Å²) in [6.07, 6.45) is 0.784. The van der Waals surface area contributed by atoms with Crippen LogP contribution in [-0.4, -0.2) is 16.1 Å². The summed E-state index contributed by atoms with van der Waals surface area (Å²) < 4.78 is 12.1. The van der Waals surface area contributed by atoms with Gasteiger partial charge in [-0.25, -0.2) is 0 Å². The third-order valence-corrected chi connectivity index (χ3v) is 4.58. The molecule has 2 aromatic heterocycles. The first kappa shape index (κ1) is 16.7. The summed E-state index contributed by atoms with van der Waals surface area (Å²) in [4.78, 5) is 12.1. The van der Waals surface area contributed by atoms with E-state index in [4.69, 9.17) is 9.15 Å². The Morgan fingerprint density at radius 3 is 2.75 bits per heavy atom. The molecule has 3 aromatic rings. The molecule has 124 valence electrons. The Kier molecular flexibility index (Phi) is 5.27. The monoisotopic (exact) mass is 407 g/mol. The van der Waals surface area contributed by atoms with E-state index in [1.165, 1.54) is 11.3 Å². The van der Waals surface area contributed by atoms with E-state index in [9.17, 15) is 4.79 Å². The maximum atomic E-state index is 12.1. The van der Waals surface area contributed by atoms with Gasteiger partial charge in [0.1, 0.15) is 23.1 Å². The van der Waals surface area contributed by atoms with Gasteiger partial charge in [0.05, 0.1) is 0 Å². The number of carbonyl (C=O) groups is 1. The first-order valence-corrected chi connectivity index (χ1v) is 8.86.